The monoisotopic (exact) mass is 310 g/mol. The molecule has 3 N–H and O–H groups in total. The van der Waals surface area contributed by atoms with Crippen molar-refractivity contribution in [1.29, 1.82) is 0 Å². The minimum Gasteiger partial charge on any atom is -0.333 e. The summed E-state index contributed by atoms with van der Waals surface area (Å²) in [6, 6.07) is 6.91. The number of imidazole rings is 1. The molecule has 118 valence electrons. The van der Waals surface area contributed by atoms with Crippen LogP contribution in [-0.4, -0.2) is 25.2 Å². The minimum atomic E-state index is -0.741. The molecule has 1 atom stereocenters. The molecule has 0 fully saturated rings. The van der Waals surface area contributed by atoms with Crippen molar-refractivity contribution in [3.63, 3.8) is 0 Å². The van der Waals surface area contributed by atoms with Gasteiger partial charge in [-0.1, -0.05) is 12.1 Å². The number of hydrogen-bond acceptors (Lipinski definition) is 4. The number of carbonyl (C=O) groups is 1. The van der Waals surface area contributed by atoms with Crippen LogP contribution in [0.1, 0.15) is 17.2 Å². The summed E-state index contributed by atoms with van der Waals surface area (Å²) in [5, 5.41) is 6.84. The molecule has 0 aliphatic rings. The zero-order valence-corrected chi connectivity index (χ0v) is 12.8. The Balaban J connectivity index is 1.62. The normalized spacial score (nSPS) is 12.1. The van der Waals surface area contributed by atoms with Crippen molar-refractivity contribution in [1.82, 2.24) is 19.3 Å². The van der Waals surface area contributed by atoms with Crippen molar-refractivity contribution in [3.05, 3.63) is 66.5 Å². The molecule has 0 aliphatic heterocycles. The van der Waals surface area contributed by atoms with Crippen molar-refractivity contribution < 1.29 is 4.79 Å². The van der Waals surface area contributed by atoms with Gasteiger partial charge in [-0.15, -0.1) is 0 Å². The smallest absolute Gasteiger partial charge is 0.246 e. The number of nitrogens with zero attached hydrogens (tertiary/aromatic N) is 4. The Bertz CT molecular complexity index is 775. The molecule has 2 heterocycles. The number of nitrogens with two attached hydrogens (primary N) is 1. The van der Waals surface area contributed by atoms with E-state index in [0.29, 0.717) is 11.3 Å². The lowest BCUT2D eigenvalue weighted by Crippen LogP contribution is -2.27. The van der Waals surface area contributed by atoms with Crippen molar-refractivity contribution >= 4 is 11.6 Å². The van der Waals surface area contributed by atoms with Crippen LogP contribution < -0.4 is 11.1 Å². The minimum absolute atomic E-state index is 0.264. The summed E-state index contributed by atoms with van der Waals surface area (Å²) in [6.07, 6.45) is 8.75. The molecule has 0 aliphatic carbocycles. The first-order valence-corrected chi connectivity index (χ1v) is 7.21. The molecule has 7 heteroatoms. The van der Waals surface area contributed by atoms with Crippen LogP contribution in [-0.2, 0) is 18.4 Å². The van der Waals surface area contributed by atoms with Crippen LogP contribution in [0.25, 0.3) is 0 Å². The fourth-order valence-electron chi connectivity index (χ4n) is 2.26. The lowest BCUT2D eigenvalue weighted by molar-refractivity contribution is -0.117. The Morgan fingerprint density at radius 1 is 1.35 bits per heavy atom. The summed E-state index contributed by atoms with van der Waals surface area (Å²) in [7, 11) is 1.78. The van der Waals surface area contributed by atoms with Gasteiger partial charge in [-0.05, 0) is 17.7 Å². The van der Waals surface area contributed by atoms with E-state index < -0.39 is 6.04 Å². The van der Waals surface area contributed by atoms with Gasteiger partial charge < -0.3 is 15.6 Å². The molecule has 1 aromatic carbocycles. The summed E-state index contributed by atoms with van der Waals surface area (Å²) in [6.45, 7) is 0.740. The predicted molar refractivity (Wildman–Crippen MR) is 86.5 cm³/mol. The quantitative estimate of drug-likeness (QED) is 0.743. The molecule has 1 unspecified atom stereocenters. The van der Waals surface area contributed by atoms with Crippen molar-refractivity contribution in [3.8, 4) is 0 Å². The van der Waals surface area contributed by atoms with E-state index in [2.05, 4.69) is 15.4 Å². The van der Waals surface area contributed by atoms with Crippen LogP contribution in [0.15, 0.2) is 55.4 Å². The molecule has 7 nitrogen and oxygen atoms in total. The number of aromatic nitrogens is 4. The van der Waals surface area contributed by atoms with Gasteiger partial charge in [0.15, 0.2) is 0 Å². The molecule has 1 amide bonds. The van der Waals surface area contributed by atoms with Gasteiger partial charge in [-0.2, -0.15) is 5.10 Å². The zero-order valence-electron chi connectivity index (χ0n) is 12.8. The highest BCUT2D eigenvalue weighted by molar-refractivity contribution is 5.95. The van der Waals surface area contributed by atoms with Gasteiger partial charge in [0.25, 0.3) is 0 Å². The summed E-state index contributed by atoms with van der Waals surface area (Å²) in [5.74, 6) is -0.264. The van der Waals surface area contributed by atoms with Gasteiger partial charge in [0.1, 0.15) is 6.04 Å². The summed E-state index contributed by atoms with van der Waals surface area (Å²) < 4.78 is 3.60. The van der Waals surface area contributed by atoms with Crippen LogP contribution in [0, 0.1) is 0 Å². The Kier molecular flexibility index (Phi) is 4.20. The molecular weight excluding hydrogens is 292 g/mol. The molecule has 3 aromatic rings. The van der Waals surface area contributed by atoms with Crippen LogP contribution >= 0.6 is 0 Å². The highest BCUT2D eigenvalue weighted by atomic mass is 16.2. The van der Waals surface area contributed by atoms with Crippen LogP contribution in [0.3, 0.4) is 0 Å². The largest absolute Gasteiger partial charge is 0.333 e. The molecule has 0 bridgehead atoms. The number of carbonyl (C=O) groups excluding carboxylic acids is 1. The summed E-state index contributed by atoms with van der Waals surface area (Å²) in [4.78, 5) is 16.2. The maximum atomic E-state index is 12.2. The average molecular weight is 310 g/mol. The van der Waals surface area contributed by atoms with Crippen LogP contribution in [0.5, 0.6) is 0 Å². The van der Waals surface area contributed by atoms with Gasteiger partial charge >= 0.3 is 0 Å². The second-order valence-corrected chi connectivity index (χ2v) is 5.35. The molecule has 2 aromatic heterocycles. The summed E-state index contributed by atoms with van der Waals surface area (Å²) >= 11 is 0. The lowest BCUT2D eigenvalue weighted by Gasteiger charge is -2.11. The topological polar surface area (TPSA) is 90.8 Å². The third kappa shape index (κ3) is 3.64. The van der Waals surface area contributed by atoms with Gasteiger partial charge in [0, 0.05) is 43.4 Å². The van der Waals surface area contributed by atoms with E-state index in [-0.39, 0.29) is 5.91 Å². The van der Waals surface area contributed by atoms with Gasteiger partial charge in [-0.3, -0.25) is 9.48 Å². The number of anilines is 1. The zero-order chi connectivity index (χ0) is 16.2. The maximum absolute atomic E-state index is 12.2. The first-order valence-electron chi connectivity index (χ1n) is 7.21. The van der Waals surface area contributed by atoms with Crippen LogP contribution in [0.2, 0.25) is 0 Å². The Hall–Kier alpha value is -2.93. The van der Waals surface area contributed by atoms with E-state index >= 15 is 0 Å². The predicted octanol–water partition coefficient (Wildman–Crippen LogP) is 1.30. The van der Waals surface area contributed by atoms with Crippen LogP contribution in [0.4, 0.5) is 5.69 Å². The van der Waals surface area contributed by atoms with E-state index in [1.165, 1.54) is 0 Å². The first-order chi connectivity index (χ1) is 11.1. The number of amides is 1. The van der Waals surface area contributed by atoms with E-state index in [0.717, 1.165) is 12.1 Å². The number of benzene rings is 1. The highest BCUT2D eigenvalue weighted by Crippen LogP contribution is 2.14. The molecule has 3 rings (SSSR count). The third-order valence-corrected chi connectivity index (χ3v) is 3.51. The van der Waals surface area contributed by atoms with E-state index in [1.54, 1.807) is 36.6 Å². The summed E-state index contributed by atoms with van der Waals surface area (Å²) in [5.41, 5.74) is 8.46. The fraction of sp³-hybridized carbons (Fsp3) is 0.188. The second-order valence-electron chi connectivity index (χ2n) is 5.35. The molecule has 0 spiro atoms. The van der Waals surface area contributed by atoms with E-state index in [1.807, 2.05) is 35.0 Å². The Morgan fingerprint density at radius 3 is 2.74 bits per heavy atom. The molecule has 0 saturated heterocycles. The van der Waals surface area contributed by atoms with Crippen molar-refractivity contribution in [2.75, 3.05) is 5.32 Å². The van der Waals surface area contributed by atoms with Crippen molar-refractivity contribution in [2.24, 2.45) is 12.8 Å². The number of aryl methyl sites for hydroxylation is 1. The SMILES string of the molecule is Cn1cc(C(N)C(=O)Nc2ccc(Cn3ccnc3)cc2)cn1. The standard InChI is InChI=1S/C16H18N6O/c1-21-10-13(8-19-21)15(17)16(23)20-14-4-2-12(3-5-14)9-22-7-6-18-11-22/h2-8,10-11,15H,9,17H2,1H3,(H,20,23). The van der Waals surface area contributed by atoms with Gasteiger partial charge in [0.2, 0.25) is 5.91 Å². The maximum Gasteiger partial charge on any atom is 0.246 e. The Labute approximate surface area is 133 Å². The fourth-order valence-corrected chi connectivity index (χ4v) is 2.26. The average Bonchev–Trinajstić information content (AvgIpc) is 3.20. The molecule has 0 radical (unpaired) electrons. The van der Waals surface area contributed by atoms with E-state index in [4.69, 9.17) is 5.73 Å². The molecule has 23 heavy (non-hydrogen) atoms. The third-order valence-electron chi connectivity index (χ3n) is 3.51. The highest BCUT2D eigenvalue weighted by Gasteiger charge is 2.17. The van der Waals surface area contributed by atoms with Gasteiger partial charge in [0.05, 0.1) is 12.5 Å². The number of hydrogen-bond donors (Lipinski definition) is 2. The molecule has 0 saturated carbocycles. The van der Waals surface area contributed by atoms with Crippen molar-refractivity contribution in [2.45, 2.75) is 12.6 Å². The number of rotatable bonds is 5. The molecular formula is C16H18N6O. The van der Waals surface area contributed by atoms with Gasteiger partial charge in [-0.25, -0.2) is 4.98 Å². The van der Waals surface area contributed by atoms with E-state index in [9.17, 15) is 4.79 Å². The Morgan fingerprint density at radius 2 is 2.13 bits per heavy atom. The lowest BCUT2D eigenvalue weighted by atomic mass is 10.1. The first kappa shape index (κ1) is 15.0. The number of nitrogens with one attached hydrogen (secondary N) is 1. The second kappa shape index (κ2) is 6.45.